The Morgan fingerprint density at radius 1 is 1.28 bits per heavy atom. The van der Waals surface area contributed by atoms with E-state index in [0.29, 0.717) is 38.0 Å². The lowest BCUT2D eigenvalue weighted by atomic mass is 10.0. The molecule has 1 aliphatic rings. The van der Waals surface area contributed by atoms with Gasteiger partial charge in [0.25, 0.3) is 5.91 Å². The third-order valence-corrected chi connectivity index (χ3v) is 4.34. The van der Waals surface area contributed by atoms with E-state index in [1.807, 2.05) is 11.8 Å². The standard InChI is InChI=1S/C17H22F2N2O4/c1-2-20(11-15(22)23)13-7-9-21(10-8-13)16(24)12-3-5-14(6-4-12)25-17(18)19/h3-6,13,17H,2,7-11H2,1H3,(H,22,23). The highest BCUT2D eigenvalue weighted by Gasteiger charge is 2.27. The van der Waals surface area contributed by atoms with Gasteiger partial charge >= 0.3 is 12.6 Å². The van der Waals surface area contributed by atoms with Crippen LogP contribution in [0, 0.1) is 0 Å². The van der Waals surface area contributed by atoms with E-state index >= 15 is 0 Å². The van der Waals surface area contributed by atoms with Crippen LogP contribution < -0.4 is 4.74 Å². The van der Waals surface area contributed by atoms with Crippen molar-refractivity contribution in [1.82, 2.24) is 9.80 Å². The maximum absolute atomic E-state index is 12.5. The number of carboxylic acid groups (broad SMARTS) is 1. The van der Waals surface area contributed by atoms with Gasteiger partial charge < -0.3 is 14.7 Å². The molecule has 1 saturated heterocycles. The number of carbonyl (C=O) groups excluding carboxylic acids is 1. The number of halogens is 2. The Hall–Kier alpha value is -2.22. The van der Waals surface area contributed by atoms with E-state index in [1.165, 1.54) is 24.3 Å². The summed E-state index contributed by atoms with van der Waals surface area (Å²) in [6.45, 7) is 0.748. The van der Waals surface area contributed by atoms with Gasteiger partial charge in [-0.25, -0.2) is 0 Å². The van der Waals surface area contributed by atoms with E-state index in [1.54, 1.807) is 4.90 Å². The lowest BCUT2D eigenvalue weighted by Crippen LogP contribution is -2.48. The minimum Gasteiger partial charge on any atom is -0.480 e. The van der Waals surface area contributed by atoms with Gasteiger partial charge in [0.2, 0.25) is 0 Å². The van der Waals surface area contributed by atoms with Crippen molar-refractivity contribution in [3.8, 4) is 5.75 Å². The number of hydrogen-bond donors (Lipinski definition) is 1. The summed E-state index contributed by atoms with van der Waals surface area (Å²) in [7, 11) is 0. The Morgan fingerprint density at radius 3 is 2.36 bits per heavy atom. The smallest absolute Gasteiger partial charge is 0.387 e. The molecule has 25 heavy (non-hydrogen) atoms. The van der Waals surface area contributed by atoms with Gasteiger partial charge in [0.15, 0.2) is 0 Å². The predicted octanol–water partition coefficient (Wildman–Crippen LogP) is 2.30. The Labute approximate surface area is 145 Å². The van der Waals surface area contributed by atoms with E-state index in [4.69, 9.17) is 5.11 Å². The van der Waals surface area contributed by atoms with E-state index in [-0.39, 0.29) is 24.2 Å². The second kappa shape index (κ2) is 8.75. The lowest BCUT2D eigenvalue weighted by molar-refractivity contribution is -0.139. The molecular formula is C17H22F2N2O4. The van der Waals surface area contributed by atoms with E-state index in [2.05, 4.69) is 4.74 Å². The summed E-state index contributed by atoms with van der Waals surface area (Å²) in [5, 5.41) is 8.95. The summed E-state index contributed by atoms with van der Waals surface area (Å²) in [5.74, 6) is -1.01. The summed E-state index contributed by atoms with van der Waals surface area (Å²) >= 11 is 0. The zero-order chi connectivity index (χ0) is 18.4. The SMILES string of the molecule is CCN(CC(=O)O)C1CCN(C(=O)c2ccc(OC(F)F)cc2)CC1. The summed E-state index contributed by atoms with van der Waals surface area (Å²) in [5.41, 5.74) is 0.415. The topological polar surface area (TPSA) is 70.1 Å². The van der Waals surface area contributed by atoms with Crippen LogP contribution in [0.3, 0.4) is 0 Å². The molecule has 0 spiro atoms. The number of likely N-dealkylation sites (tertiary alicyclic amines) is 1. The molecule has 0 atom stereocenters. The molecule has 0 radical (unpaired) electrons. The summed E-state index contributed by atoms with van der Waals surface area (Å²) in [6, 6.07) is 5.77. The number of ether oxygens (including phenoxy) is 1. The second-order valence-electron chi connectivity index (χ2n) is 5.88. The fraction of sp³-hybridized carbons (Fsp3) is 0.529. The van der Waals surface area contributed by atoms with Crippen molar-refractivity contribution >= 4 is 11.9 Å². The van der Waals surface area contributed by atoms with E-state index in [0.717, 1.165) is 0 Å². The predicted molar refractivity (Wildman–Crippen MR) is 86.9 cm³/mol. The third kappa shape index (κ3) is 5.38. The van der Waals surface area contributed by atoms with Crippen LogP contribution in [0.1, 0.15) is 30.1 Å². The molecule has 0 bridgehead atoms. The normalized spacial score (nSPS) is 15.6. The third-order valence-electron chi connectivity index (χ3n) is 4.34. The number of amides is 1. The Balaban J connectivity index is 1.91. The molecule has 1 aromatic rings. The molecule has 138 valence electrons. The van der Waals surface area contributed by atoms with Crippen LogP contribution in [-0.4, -0.2) is 65.6 Å². The first-order valence-corrected chi connectivity index (χ1v) is 8.20. The molecule has 1 aliphatic heterocycles. The number of nitrogens with zero attached hydrogens (tertiary/aromatic N) is 2. The number of hydrogen-bond acceptors (Lipinski definition) is 4. The largest absolute Gasteiger partial charge is 0.480 e. The summed E-state index contributed by atoms with van der Waals surface area (Å²) < 4.78 is 28.6. The van der Waals surface area contributed by atoms with Crippen molar-refractivity contribution in [2.24, 2.45) is 0 Å². The van der Waals surface area contributed by atoms with Crippen LogP contribution in [0.2, 0.25) is 0 Å². The molecule has 1 heterocycles. The number of alkyl halides is 2. The Kier molecular flexibility index (Phi) is 6.69. The molecular weight excluding hydrogens is 334 g/mol. The van der Waals surface area contributed by atoms with Gasteiger partial charge in [-0.05, 0) is 43.7 Å². The molecule has 0 unspecified atom stereocenters. The van der Waals surface area contributed by atoms with Gasteiger partial charge in [0, 0.05) is 24.7 Å². The van der Waals surface area contributed by atoms with E-state index in [9.17, 15) is 18.4 Å². The minimum atomic E-state index is -2.90. The second-order valence-corrected chi connectivity index (χ2v) is 5.88. The number of likely N-dealkylation sites (N-methyl/N-ethyl adjacent to an activating group) is 1. The zero-order valence-electron chi connectivity index (χ0n) is 14.0. The van der Waals surface area contributed by atoms with Crippen LogP contribution in [-0.2, 0) is 4.79 Å². The van der Waals surface area contributed by atoms with Gasteiger partial charge in [-0.1, -0.05) is 6.92 Å². The van der Waals surface area contributed by atoms with Crippen LogP contribution in [0.15, 0.2) is 24.3 Å². The highest BCUT2D eigenvalue weighted by Crippen LogP contribution is 2.20. The number of rotatable bonds is 7. The fourth-order valence-electron chi connectivity index (χ4n) is 3.07. The molecule has 2 rings (SSSR count). The molecule has 0 aromatic heterocycles. The highest BCUT2D eigenvalue weighted by molar-refractivity contribution is 5.94. The van der Waals surface area contributed by atoms with Gasteiger partial charge in [-0.2, -0.15) is 8.78 Å². The van der Waals surface area contributed by atoms with E-state index < -0.39 is 12.6 Å². The van der Waals surface area contributed by atoms with Gasteiger partial charge in [0.05, 0.1) is 6.54 Å². The molecule has 1 aromatic carbocycles. The van der Waals surface area contributed by atoms with Crippen molar-refractivity contribution in [1.29, 1.82) is 0 Å². The van der Waals surface area contributed by atoms with Crippen LogP contribution in [0.4, 0.5) is 8.78 Å². The Morgan fingerprint density at radius 2 is 1.88 bits per heavy atom. The monoisotopic (exact) mass is 356 g/mol. The van der Waals surface area contributed by atoms with Crippen molar-refractivity contribution < 1.29 is 28.2 Å². The fourth-order valence-corrected chi connectivity index (χ4v) is 3.07. The van der Waals surface area contributed by atoms with Crippen molar-refractivity contribution in [3.63, 3.8) is 0 Å². The van der Waals surface area contributed by atoms with Crippen LogP contribution in [0.25, 0.3) is 0 Å². The average molecular weight is 356 g/mol. The first-order valence-electron chi connectivity index (χ1n) is 8.20. The van der Waals surface area contributed by atoms with Crippen LogP contribution in [0.5, 0.6) is 5.75 Å². The average Bonchev–Trinajstić information content (AvgIpc) is 2.59. The van der Waals surface area contributed by atoms with Gasteiger partial charge in [-0.15, -0.1) is 0 Å². The minimum absolute atomic E-state index is 0.000707. The van der Waals surface area contributed by atoms with Crippen molar-refractivity contribution in [3.05, 3.63) is 29.8 Å². The Bertz CT molecular complexity index is 587. The van der Waals surface area contributed by atoms with Crippen molar-refractivity contribution in [2.45, 2.75) is 32.4 Å². The lowest BCUT2D eigenvalue weighted by Gasteiger charge is -2.37. The maximum atomic E-state index is 12.5. The molecule has 0 aliphatic carbocycles. The summed E-state index contributed by atoms with van der Waals surface area (Å²) in [4.78, 5) is 27.0. The number of benzene rings is 1. The molecule has 8 heteroatoms. The number of piperidine rings is 1. The highest BCUT2D eigenvalue weighted by atomic mass is 19.3. The zero-order valence-corrected chi connectivity index (χ0v) is 14.0. The number of carbonyl (C=O) groups is 2. The molecule has 1 fully saturated rings. The van der Waals surface area contributed by atoms with Crippen molar-refractivity contribution in [2.75, 3.05) is 26.2 Å². The summed E-state index contributed by atoms with van der Waals surface area (Å²) in [6.07, 6.45) is 1.42. The van der Waals surface area contributed by atoms with Gasteiger partial charge in [-0.3, -0.25) is 14.5 Å². The van der Waals surface area contributed by atoms with Crippen LogP contribution >= 0.6 is 0 Å². The molecule has 6 nitrogen and oxygen atoms in total. The number of aliphatic carboxylic acids is 1. The quantitative estimate of drug-likeness (QED) is 0.812. The number of carboxylic acids is 1. The molecule has 1 amide bonds. The molecule has 0 saturated carbocycles. The first-order chi connectivity index (χ1) is 11.9. The first kappa shape index (κ1) is 19.1. The van der Waals surface area contributed by atoms with Gasteiger partial charge in [0.1, 0.15) is 5.75 Å². The maximum Gasteiger partial charge on any atom is 0.387 e. The molecule has 1 N–H and O–H groups in total.